The molecule has 140 valence electrons. The molecule has 0 bridgehead atoms. The lowest BCUT2D eigenvalue weighted by atomic mass is 9.80. The number of carbonyl (C=O) groups is 2. The van der Waals surface area contributed by atoms with Gasteiger partial charge in [0.1, 0.15) is 0 Å². The molecule has 1 heterocycles. The molecule has 0 atom stereocenters. The van der Waals surface area contributed by atoms with Gasteiger partial charge in [-0.05, 0) is 17.7 Å². The van der Waals surface area contributed by atoms with Crippen LogP contribution in [0.25, 0.3) is 16.5 Å². The van der Waals surface area contributed by atoms with Gasteiger partial charge in [-0.15, -0.1) is 0 Å². The summed E-state index contributed by atoms with van der Waals surface area (Å²) in [4.78, 5) is 26.8. The van der Waals surface area contributed by atoms with Crippen molar-refractivity contribution in [3.8, 4) is 0 Å². The fourth-order valence-electron chi connectivity index (χ4n) is 4.20. The molecule has 0 saturated heterocycles. The molecule has 29 heavy (non-hydrogen) atoms. The summed E-state index contributed by atoms with van der Waals surface area (Å²) >= 11 is 5.73. The van der Waals surface area contributed by atoms with Crippen LogP contribution in [0.15, 0.2) is 84.1 Å². The summed E-state index contributed by atoms with van der Waals surface area (Å²) in [7, 11) is 2.00. The Balaban J connectivity index is 1.78. The molecule has 4 heteroatoms. The molecule has 1 aromatic heterocycles. The van der Waals surface area contributed by atoms with Crippen LogP contribution in [0.5, 0.6) is 0 Å². The number of Topliss-reactive ketones (excluding diaryl/α,β-unsaturated/α-hetero) is 1. The maximum atomic E-state index is 13.3. The van der Waals surface area contributed by atoms with Gasteiger partial charge in [-0.2, -0.15) is 0 Å². The number of aromatic nitrogens is 1. The van der Waals surface area contributed by atoms with Crippen molar-refractivity contribution in [1.82, 2.24) is 4.57 Å². The largest absolute Gasteiger partial charge is 0.350 e. The van der Waals surface area contributed by atoms with Gasteiger partial charge in [0.2, 0.25) is 0 Å². The first-order valence-corrected chi connectivity index (χ1v) is 9.85. The number of benzene rings is 2. The summed E-state index contributed by atoms with van der Waals surface area (Å²) in [5.41, 5.74) is 5.00. The molecule has 0 saturated carbocycles. The zero-order chi connectivity index (χ0) is 20.1. The number of thiocarbonyl (C=S) groups is 1. The number of para-hydroxylation sites is 1. The summed E-state index contributed by atoms with van der Waals surface area (Å²) in [5.74, 6) is -0.285. The number of allylic oxidation sites excluding steroid dienone is 6. The number of nitrogens with zero attached hydrogens (tertiary/aromatic N) is 1. The van der Waals surface area contributed by atoms with E-state index in [1.807, 2.05) is 31.3 Å². The van der Waals surface area contributed by atoms with Crippen molar-refractivity contribution in [3.63, 3.8) is 0 Å². The molecule has 0 spiro atoms. The number of hydrogen-bond acceptors (Lipinski definition) is 3. The molecular weight excluding hydrogens is 378 g/mol. The van der Waals surface area contributed by atoms with E-state index in [-0.39, 0.29) is 11.6 Å². The Hall–Kier alpha value is -3.37. The molecule has 0 aliphatic heterocycles. The zero-order valence-electron chi connectivity index (χ0n) is 15.8. The fourth-order valence-corrected chi connectivity index (χ4v) is 4.51. The molecule has 0 fully saturated rings. The Morgan fingerprint density at radius 3 is 2.48 bits per heavy atom. The third-order valence-corrected chi connectivity index (χ3v) is 5.92. The highest BCUT2D eigenvalue weighted by Gasteiger charge is 2.30. The highest BCUT2D eigenvalue weighted by atomic mass is 32.1. The van der Waals surface area contributed by atoms with E-state index in [4.69, 9.17) is 12.2 Å². The average Bonchev–Trinajstić information content (AvgIpc) is 3.07. The minimum Gasteiger partial charge on any atom is -0.350 e. The Morgan fingerprint density at radius 2 is 1.66 bits per heavy atom. The lowest BCUT2D eigenvalue weighted by Crippen LogP contribution is -2.20. The summed E-state index contributed by atoms with van der Waals surface area (Å²) in [5, 5.41) is 1.08. The lowest BCUT2D eigenvalue weighted by Gasteiger charge is -2.21. The molecule has 5 rings (SSSR count). The van der Waals surface area contributed by atoms with Gasteiger partial charge in [-0.3, -0.25) is 9.59 Å². The van der Waals surface area contributed by atoms with Crippen molar-refractivity contribution >= 4 is 45.1 Å². The van der Waals surface area contributed by atoms with Gasteiger partial charge < -0.3 is 4.57 Å². The summed E-state index contributed by atoms with van der Waals surface area (Å²) in [6, 6.07) is 15.1. The number of hydrogen-bond donors (Lipinski definition) is 0. The molecule has 0 unspecified atom stereocenters. The molecule has 3 aromatic rings. The lowest BCUT2D eigenvalue weighted by molar-refractivity contribution is 0.0986. The van der Waals surface area contributed by atoms with Crippen LogP contribution < -0.4 is 0 Å². The first kappa shape index (κ1) is 17.7. The van der Waals surface area contributed by atoms with Crippen molar-refractivity contribution in [3.05, 3.63) is 101 Å². The quantitative estimate of drug-likeness (QED) is 0.555. The Morgan fingerprint density at radius 1 is 0.931 bits per heavy atom. The van der Waals surface area contributed by atoms with Gasteiger partial charge in [0.25, 0.3) is 0 Å². The topological polar surface area (TPSA) is 39.1 Å². The van der Waals surface area contributed by atoms with E-state index in [0.717, 1.165) is 32.5 Å². The summed E-state index contributed by atoms with van der Waals surface area (Å²) in [6.07, 6.45) is 8.05. The molecule has 2 aliphatic rings. The normalized spacial score (nSPS) is 16.4. The zero-order valence-corrected chi connectivity index (χ0v) is 16.6. The van der Waals surface area contributed by atoms with Gasteiger partial charge in [0.15, 0.2) is 11.6 Å². The number of aryl methyl sites for hydroxylation is 1. The monoisotopic (exact) mass is 395 g/mol. The summed E-state index contributed by atoms with van der Waals surface area (Å²) < 4.78 is 2.06. The van der Waals surface area contributed by atoms with Crippen LogP contribution in [-0.4, -0.2) is 21.0 Å². The van der Waals surface area contributed by atoms with Crippen molar-refractivity contribution in [1.29, 1.82) is 0 Å². The maximum absolute atomic E-state index is 13.3. The highest BCUT2D eigenvalue weighted by Crippen LogP contribution is 2.38. The van der Waals surface area contributed by atoms with E-state index in [1.165, 1.54) is 6.08 Å². The van der Waals surface area contributed by atoms with E-state index < -0.39 is 0 Å². The highest BCUT2D eigenvalue weighted by molar-refractivity contribution is 7.81. The molecule has 3 nitrogen and oxygen atoms in total. The molecular formula is C25H17NO2S. The SMILES string of the molecule is Cn1cc(C2=C(C3=CC(=O)c4ccccc4C3=O)C=CCC2=S)c2ccccc21. The number of fused-ring (bicyclic) bond motifs is 2. The van der Waals surface area contributed by atoms with Crippen molar-refractivity contribution < 1.29 is 9.59 Å². The van der Waals surface area contributed by atoms with Crippen LogP contribution in [0.3, 0.4) is 0 Å². The van der Waals surface area contributed by atoms with E-state index in [2.05, 4.69) is 22.9 Å². The fraction of sp³-hybridized carbons (Fsp3) is 0.0800. The third-order valence-electron chi connectivity index (χ3n) is 5.55. The first-order chi connectivity index (χ1) is 14.1. The second kappa shape index (κ2) is 6.61. The van der Waals surface area contributed by atoms with Crippen LogP contribution in [-0.2, 0) is 7.05 Å². The molecule has 2 aromatic carbocycles. The van der Waals surface area contributed by atoms with E-state index in [1.54, 1.807) is 24.3 Å². The van der Waals surface area contributed by atoms with Gasteiger partial charge in [-0.1, -0.05) is 66.8 Å². The molecule has 0 amide bonds. The van der Waals surface area contributed by atoms with Crippen LogP contribution in [0.1, 0.15) is 32.7 Å². The van der Waals surface area contributed by atoms with E-state index in [9.17, 15) is 9.59 Å². The van der Waals surface area contributed by atoms with Gasteiger partial charge in [-0.25, -0.2) is 0 Å². The third kappa shape index (κ3) is 2.68. The Bertz CT molecular complexity index is 1330. The molecule has 0 N–H and O–H groups in total. The molecule has 0 radical (unpaired) electrons. The van der Waals surface area contributed by atoms with E-state index >= 15 is 0 Å². The van der Waals surface area contributed by atoms with Gasteiger partial charge >= 0.3 is 0 Å². The second-order valence-electron chi connectivity index (χ2n) is 7.29. The Labute approximate surface area is 173 Å². The van der Waals surface area contributed by atoms with Crippen LogP contribution in [0, 0.1) is 0 Å². The van der Waals surface area contributed by atoms with Crippen molar-refractivity contribution in [2.45, 2.75) is 6.42 Å². The number of carbonyl (C=O) groups excluding carboxylic acids is 2. The van der Waals surface area contributed by atoms with Crippen molar-refractivity contribution in [2.75, 3.05) is 0 Å². The van der Waals surface area contributed by atoms with Crippen LogP contribution in [0.2, 0.25) is 0 Å². The van der Waals surface area contributed by atoms with Gasteiger partial charge in [0, 0.05) is 63.3 Å². The number of rotatable bonds is 2. The molecule has 2 aliphatic carbocycles. The average molecular weight is 395 g/mol. The summed E-state index contributed by atoms with van der Waals surface area (Å²) in [6.45, 7) is 0. The predicted octanol–water partition coefficient (Wildman–Crippen LogP) is 5.27. The van der Waals surface area contributed by atoms with Crippen LogP contribution >= 0.6 is 12.2 Å². The standard InChI is InChI=1S/C25H17NO2S/c1-26-14-20(15-7-4-5-11-21(15)26)24-17(10-6-12-23(24)29)19-13-22(27)16-8-2-3-9-18(16)25(19)28/h2-11,13-14H,12H2,1H3. The second-order valence-corrected chi connectivity index (χ2v) is 7.78. The smallest absolute Gasteiger partial charge is 0.194 e. The predicted molar refractivity (Wildman–Crippen MR) is 119 cm³/mol. The minimum atomic E-state index is -0.148. The number of ketones is 2. The Kier molecular flexibility index (Phi) is 4.03. The van der Waals surface area contributed by atoms with Crippen molar-refractivity contribution in [2.24, 2.45) is 7.05 Å². The maximum Gasteiger partial charge on any atom is 0.194 e. The van der Waals surface area contributed by atoms with Crippen LogP contribution in [0.4, 0.5) is 0 Å². The van der Waals surface area contributed by atoms with E-state index in [0.29, 0.717) is 23.1 Å². The minimum absolute atomic E-state index is 0.137. The van der Waals surface area contributed by atoms with Gasteiger partial charge in [0.05, 0.1) is 0 Å². The first-order valence-electron chi connectivity index (χ1n) is 9.45.